The van der Waals surface area contributed by atoms with Crippen molar-refractivity contribution in [3.63, 3.8) is 0 Å². The van der Waals surface area contributed by atoms with Gasteiger partial charge in [-0.1, -0.05) is 55.8 Å². The quantitative estimate of drug-likeness (QED) is 0.769. The van der Waals surface area contributed by atoms with E-state index in [-0.39, 0.29) is 11.3 Å². The van der Waals surface area contributed by atoms with Crippen molar-refractivity contribution in [2.75, 3.05) is 0 Å². The number of nitrogens with one attached hydrogen (secondary N) is 1. The fourth-order valence-electron chi connectivity index (χ4n) is 2.41. The normalized spacial score (nSPS) is 12.7. The van der Waals surface area contributed by atoms with E-state index in [4.69, 9.17) is 0 Å². The summed E-state index contributed by atoms with van der Waals surface area (Å²) in [7, 11) is -3.89. The van der Waals surface area contributed by atoms with Gasteiger partial charge >= 0.3 is 5.97 Å². The lowest BCUT2D eigenvalue weighted by molar-refractivity contribution is -0.138. The molecule has 0 aromatic heterocycles. The number of carboxylic acids is 1. The van der Waals surface area contributed by atoms with Crippen molar-refractivity contribution >= 4 is 16.0 Å². The van der Waals surface area contributed by atoms with Crippen molar-refractivity contribution in [1.29, 1.82) is 0 Å². The van der Waals surface area contributed by atoms with Gasteiger partial charge in [0.25, 0.3) is 0 Å². The Morgan fingerprint density at radius 1 is 1.04 bits per heavy atom. The van der Waals surface area contributed by atoms with Gasteiger partial charge in [-0.2, -0.15) is 4.72 Å². The maximum absolute atomic E-state index is 12.4. The highest BCUT2D eigenvalue weighted by molar-refractivity contribution is 7.89. The molecule has 0 saturated carbocycles. The van der Waals surface area contributed by atoms with Crippen LogP contribution in [-0.2, 0) is 27.7 Å². The van der Waals surface area contributed by atoms with Crippen molar-refractivity contribution in [2.24, 2.45) is 0 Å². The number of benzene rings is 2. The monoisotopic (exact) mass is 347 g/mol. The van der Waals surface area contributed by atoms with Crippen LogP contribution < -0.4 is 4.72 Å². The molecule has 0 radical (unpaired) electrons. The molecule has 0 heterocycles. The highest BCUT2D eigenvalue weighted by Crippen LogP contribution is 2.13. The first-order valence-electron chi connectivity index (χ1n) is 7.80. The first kappa shape index (κ1) is 18.2. The summed E-state index contributed by atoms with van der Waals surface area (Å²) in [5.74, 6) is -1.20. The topological polar surface area (TPSA) is 83.5 Å². The van der Waals surface area contributed by atoms with Crippen LogP contribution in [0.3, 0.4) is 0 Å². The van der Waals surface area contributed by atoms with Crippen LogP contribution in [0.1, 0.15) is 24.5 Å². The van der Waals surface area contributed by atoms with Gasteiger partial charge in [-0.05, 0) is 36.1 Å². The van der Waals surface area contributed by atoms with Gasteiger partial charge < -0.3 is 5.11 Å². The summed E-state index contributed by atoms with van der Waals surface area (Å²) in [6.07, 6.45) is 1.94. The molecule has 0 saturated heterocycles. The van der Waals surface area contributed by atoms with Crippen molar-refractivity contribution in [1.82, 2.24) is 4.72 Å². The fourth-order valence-corrected chi connectivity index (χ4v) is 3.60. The zero-order valence-corrected chi connectivity index (χ0v) is 14.3. The van der Waals surface area contributed by atoms with Gasteiger partial charge in [0.05, 0.1) is 4.90 Å². The van der Waals surface area contributed by atoms with Gasteiger partial charge in [0.2, 0.25) is 10.0 Å². The molecule has 5 nitrogen and oxygen atoms in total. The Kier molecular flexibility index (Phi) is 6.11. The Labute approximate surface area is 142 Å². The molecule has 0 fully saturated rings. The maximum atomic E-state index is 12.4. The van der Waals surface area contributed by atoms with E-state index < -0.39 is 22.0 Å². The molecule has 0 bridgehead atoms. The number of carboxylic acid groups (broad SMARTS) is 1. The molecule has 0 spiro atoms. The maximum Gasteiger partial charge on any atom is 0.322 e. The average Bonchev–Trinajstić information content (AvgIpc) is 2.56. The van der Waals surface area contributed by atoms with E-state index in [1.54, 1.807) is 36.4 Å². The lowest BCUT2D eigenvalue weighted by Crippen LogP contribution is -2.42. The van der Waals surface area contributed by atoms with E-state index in [1.807, 2.05) is 13.0 Å². The number of carbonyl (C=O) groups is 1. The smallest absolute Gasteiger partial charge is 0.322 e. The van der Waals surface area contributed by atoms with Gasteiger partial charge in [0.1, 0.15) is 6.04 Å². The number of sulfonamides is 1. The molecule has 0 aliphatic carbocycles. The summed E-state index contributed by atoms with van der Waals surface area (Å²) in [6, 6.07) is 14.2. The number of aliphatic carboxylic acids is 1. The molecule has 2 N–H and O–H groups in total. The highest BCUT2D eigenvalue weighted by Gasteiger charge is 2.25. The summed E-state index contributed by atoms with van der Waals surface area (Å²) in [5.41, 5.74) is 1.81. The number of hydrogen-bond acceptors (Lipinski definition) is 3. The third-order valence-electron chi connectivity index (χ3n) is 3.65. The van der Waals surface area contributed by atoms with Crippen molar-refractivity contribution < 1.29 is 18.3 Å². The van der Waals surface area contributed by atoms with E-state index in [0.29, 0.717) is 0 Å². The summed E-state index contributed by atoms with van der Waals surface area (Å²) < 4.78 is 27.1. The Bertz CT molecular complexity index is 770. The van der Waals surface area contributed by atoms with Crippen LogP contribution in [0.15, 0.2) is 59.5 Å². The van der Waals surface area contributed by atoms with E-state index in [2.05, 4.69) is 4.72 Å². The minimum atomic E-state index is -3.89. The highest BCUT2D eigenvalue weighted by atomic mass is 32.2. The second-order valence-corrected chi connectivity index (χ2v) is 7.31. The van der Waals surface area contributed by atoms with Crippen LogP contribution in [0.2, 0.25) is 0 Å². The molecular formula is C18H21NO4S. The minimum Gasteiger partial charge on any atom is -0.480 e. The first-order chi connectivity index (χ1) is 11.4. The minimum absolute atomic E-state index is 0.0710. The third kappa shape index (κ3) is 4.91. The van der Waals surface area contributed by atoms with Crippen LogP contribution in [0.4, 0.5) is 0 Å². The second-order valence-electron chi connectivity index (χ2n) is 5.60. The molecule has 2 aromatic rings. The summed E-state index contributed by atoms with van der Waals surface area (Å²) in [4.78, 5) is 11.5. The predicted octanol–water partition coefficient (Wildman–Crippen LogP) is 2.61. The van der Waals surface area contributed by atoms with Gasteiger partial charge in [-0.3, -0.25) is 4.79 Å². The van der Waals surface area contributed by atoms with E-state index >= 15 is 0 Å². The third-order valence-corrected chi connectivity index (χ3v) is 5.14. The molecule has 1 atom stereocenters. The van der Waals surface area contributed by atoms with E-state index in [9.17, 15) is 18.3 Å². The molecule has 0 aliphatic rings. The lowest BCUT2D eigenvalue weighted by atomic mass is 10.1. The molecule has 0 unspecified atom stereocenters. The lowest BCUT2D eigenvalue weighted by Gasteiger charge is -2.15. The standard InChI is InChI=1S/C18H21NO4S/c1-2-6-14-9-11-16(12-10-14)24(22,23)19-17(18(20)21)13-15-7-4-3-5-8-15/h3-5,7-12,17,19H,2,6,13H2,1H3,(H,20,21)/t17-/m0/s1. The van der Waals surface area contributed by atoms with Gasteiger partial charge in [0, 0.05) is 0 Å². The summed E-state index contributed by atoms with van der Waals surface area (Å²) in [6.45, 7) is 2.05. The van der Waals surface area contributed by atoms with Gasteiger partial charge in [0.15, 0.2) is 0 Å². The molecule has 0 aliphatic heterocycles. The molecular weight excluding hydrogens is 326 g/mol. The number of hydrogen-bond donors (Lipinski definition) is 2. The van der Waals surface area contributed by atoms with Crippen molar-refractivity contribution in [2.45, 2.75) is 37.1 Å². The van der Waals surface area contributed by atoms with Crippen LogP contribution >= 0.6 is 0 Å². The van der Waals surface area contributed by atoms with Crippen molar-refractivity contribution in [3.05, 3.63) is 65.7 Å². The largest absolute Gasteiger partial charge is 0.480 e. The average molecular weight is 347 g/mol. The molecule has 6 heteroatoms. The zero-order chi connectivity index (χ0) is 17.6. The zero-order valence-electron chi connectivity index (χ0n) is 13.5. The van der Waals surface area contributed by atoms with E-state index in [1.165, 1.54) is 12.1 Å². The summed E-state index contributed by atoms with van der Waals surface area (Å²) >= 11 is 0. The van der Waals surface area contributed by atoms with Crippen LogP contribution in [-0.4, -0.2) is 25.5 Å². The van der Waals surface area contributed by atoms with Crippen LogP contribution in [0, 0.1) is 0 Å². The summed E-state index contributed by atoms with van der Waals surface area (Å²) in [5, 5.41) is 9.33. The van der Waals surface area contributed by atoms with Crippen LogP contribution in [0.25, 0.3) is 0 Å². The molecule has 2 aromatic carbocycles. The van der Waals surface area contributed by atoms with Crippen molar-refractivity contribution in [3.8, 4) is 0 Å². The molecule has 0 amide bonds. The molecule has 24 heavy (non-hydrogen) atoms. The molecule has 128 valence electrons. The molecule has 2 rings (SSSR count). The van der Waals surface area contributed by atoms with E-state index in [0.717, 1.165) is 24.0 Å². The Morgan fingerprint density at radius 3 is 2.21 bits per heavy atom. The fraction of sp³-hybridized carbons (Fsp3) is 0.278. The first-order valence-corrected chi connectivity index (χ1v) is 9.28. The van der Waals surface area contributed by atoms with Crippen LogP contribution in [0.5, 0.6) is 0 Å². The van der Waals surface area contributed by atoms with Gasteiger partial charge in [-0.15, -0.1) is 0 Å². The Hall–Kier alpha value is -2.18. The second kappa shape index (κ2) is 8.08. The Morgan fingerprint density at radius 2 is 1.67 bits per heavy atom. The number of rotatable bonds is 8. The Balaban J connectivity index is 2.16. The predicted molar refractivity (Wildman–Crippen MR) is 92.3 cm³/mol. The van der Waals surface area contributed by atoms with Gasteiger partial charge in [-0.25, -0.2) is 8.42 Å². The SMILES string of the molecule is CCCc1ccc(S(=O)(=O)N[C@@H](Cc2ccccc2)C(=O)O)cc1. The number of aryl methyl sites for hydroxylation is 1.